The Bertz CT molecular complexity index is 893. The van der Waals surface area contributed by atoms with Crippen LogP contribution in [-0.4, -0.2) is 143 Å². The molecule has 14 N–H and O–H groups in total. The van der Waals surface area contributed by atoms with Crippen LogP contribution in [0.25, 0.3) is 0 Å². The summed E-state index contributed by atoms with van der Waals surface area (Å²) in [6.07, 6.45) is -10.2. The number of methoxy groups -OCH3 is 2. The molecule has 2 aliphatic heterocycles. The third kappa shape index (κ3) is 10.2. The highest BCUT2D eigenvalue weighted by molar-refractivity contribution is 8.13. The first kappa shape index (κ1) is 35.4. The van der Waals surface area contributed by atoms with Crippen molar-refractivity contribution in [2.45, 2.75) is 74.1 Å². The summed E-state index contributed by atoms with van der Waals surface area (Å²) in [5, 5.41) is 58.4. The molecule has 0 aromatic carbocycles. The molecule has 2 fully saturated rings. The number of ether oxygens (including phenoxy) is 5. The molecule has 2 amide bonds. The molecule has 0 aromatic rings. The van der Waals surface area contributed by atoms with E-state index in [1.807, 2.05) is 0 Å². The van der Waals surface area contributed by atoms with Gasteiger partial charge in [0.2, 0.25) is 11.8 Å². The molecule has 19 heteroatoms. The Morgan fingerprint density at radius 3 is 1.68 bits per heavy atom. The van der Waals surface area contributed by atoms with Crippen LogP contribution in [0.2, 0.25) is 0 Å². The molecule has 0 aromatic heterocycles. The number of hydrogen-bond donors (Lipinski definition) is 10. The molecule has 10 atom stereocenters. The van der Waals surface area contributed by atoms with Crippen molar-refractivity contribution < 1.29 is 64.5 Å². The number of amides is 2. The van der Waals surface area contributed by atoms with E-state index >= 15 is 0 Å². The van der Waals surface area contributed by atoms with Crippen LogP contribution in [0.5, 0.6) is 0 Å². The lowest BCUT2D eigenvalue weighted by Crippen LogP contribution is -2.69. The van der Waals surface area contributed by atoms with Crippen molar-refractivity contribution in [3.63, 3.8) is 0 Å². The van der Waals surface area contributed by atoms with Crippen LogP contribution in [0.15, 0.2) is 0 Å². The molecule has 10 unspecified atom stereocenters. The minimum atomic E-state index is -1.52. The van der Waals surface area contributed by atoms with Gasteiger partial charge in [-0.05, 0) is 23.5 Å². The monoisotopic (exact) mass is 630 g/mol. The van der Waals surface area contributed by atoms with Gasteiger partial charge in [-0.1, -0.05) is 0 Å². The minimum Gasteiger partial charge on any atom is -0.394 e. The Hall–Kier alpha value is -1.78. The van der Waals surface area contributed by atoms with Gasteiger partial charge in [0.05, 0.1) is 13.2 Å². The van der Waals surface area contributed by atoms with Gasteiger partial charge in [0.15, 0.2) is 12.6 Å². The first-order valence-corrected chi connectivity index (χ1v) is 14.6. The fourth-order valence-electron chi connectivity index (χ4n) is 4.41. The van der Waals surface area contributed by atoms with Crippen LogP contribution in [-0.2, 0) is 33.3 Å². The second-order valence-corrected chi connectivity index (χ2v) is 11.5. The van der Waals surface area contributed by atoms with Crippen LogP contribution in [0.1, 0.15) is 12.8 Å². The van der Waals surface area contributed by atoms with Crippen LogP contribution in [0, 0.1) is 0 Å². The van der Waals surface area contributed by atoms with Gasteiger partial charge < -0.3 is 54.7 Å². The molecule has 2 saturated heterocycles. The minimum absolute atomic E-state index is 0.00560. The van der Waals surface area contributed by atoms with Gasteiger partial charge in [-0.15, -0.1) is 0 Å². The summed E-state index contributed by atoms with van der Waals surface area (Å²) in [5.41, 5.74) is 10.8. The van der Waals surface area contributed by atoms with Crippen LogP contribution in [0.4, 0.5) is 0 Å². The molecule has 236 valence electrons. The number of rotatable bonds is 14. The van der Waals surface area contributed by atoms with E-state index in [1.165, 1.54) is 14.2 Å². The average Bonchev–Trinajstić information content (AvgIpc) is 2.92. The number of aliphatic hydroxyl groups excluding tert-OH is 4. The van der Waals surface area contributed by atoms with E-state index in [4.69, 9.17) is 46.0 Å². The average molecular weight is 631 g/mol. The zero-order valence-electron chi connectivity index (χ0n) is 22.8. The normalized spacial score (nSPS) is 33.6. The number of carbonyl (C=O) groups excluding carboxylic acids is 2. The molecule has 41 heavy (non-hydrogen) atoms. The summed E-state index contributed by atoms with van der Waals surface area (Å²) in [5.74, 6) is -0.441. The van der Waals surface area contributed by atoms with Crippen molar-refractivity contribution >= 4 is 45.7 Å². The summed E-state index contributed by atoms with van der Waals surface area (Å²) in [4.78, 5) is 25.2. The highest BCUT2D eigenvalue weighted by Crippen LogP contribution is 2.30. The van der Waals surface area contributed by atoms with Gasteiger partial charge in [-0.3, -0.25) is 31.9 Å². The van der Waals surface area contributed by atoms with E-state index in [-0.39, 0.29) is 34.7 Å². The summed E-state index contributed by atoms with van der Waals surface area (Å²) in [6.45, 7) is -1.20. The molecule has 17 nitrogen and oxygen atoms in total. The largest absolute Gasteiger partial charge is 0.394 e. The predicted octanol–water partition coefficient (Wildman–Crippen LogP) is -7.45. The zero-order valence-corrected chi connectivity index (χ0v) is 24.4. The highest BCUT2D eigenvalue weighted by Gasteiger charge is 2.52. The van der Waals surface area contributed by atoms with Crippen molar-refractivity contribution in [2.24, 2.45) is 11.5 Å². The maximum Gasteiger partial charge on any atom is 0.299 e. The number of carbonyl (C=O) groups is 2. The lowest BCUT2D eigenvalue weighted by molar-refractivity contribution is -0.331. The van der Waals surface area contributed by atoms with Gasteiger partial charge in [0.25, 0.3) is 10.3 Å². The van der Waals surface area contributed by atoms with Crippen LogP contribution >= 0.6 is 23.5 Å². The molecule has 2 aliphatic rings. The van der Waals surface area contributed by atoms with Gasteiger partial charge in [-0.25, -0.2) is 0 Å². The fourth-order valence-corrected chi connectivity index (χ4v) is 5.46. The molecule has 2 rings (SSSR count). The zero-order chi connectivity index (χ0) is 30.7. The van der Waals surface area contributed by atoms with Crippen LogP contribution in [0.3, 0.4) is 0 Å². The van der Waals surface area contributed by atoms with Crippen molar-refractivity contribution in [2.75, 3.05) is 38.9 Å². The fraction of sp³-hybridized carbons (Fsp3) is 0.818. The number of aliphatic hydroxyl groups is 4. The summed E-state index contributed by atoms with van der Waals surface area (Å²) in [7, 11) is 2.59. The first-order valence-electron chi connectivity index (χ1n) is 12.7. The van der Waals surface area contributed by atoms with Crippen LogP contribution < -0.4 is 32.9 Å². The van der Waals surface area contributed by atoms with E-state index in [0.29, 0.717) is 0 Å². The van der Waals surface area contributed by atoms with Crippen molar-refractivity contribution in [3.8, 4) is 0 Å². The molecule has 0 radical (unpaired) electrons. The number of nitrogens with two attached hydrogens (primary N) is 4. The van der Waals surface area contributed by atoms with Crippen molar-refractivity contribution in [3.05, 3.63) is 0 Å². The van der Waals surface area contributed by atoms with E-state index in [9.17, 15) is 30.0 Å². The smallest absolute Gasteiger partial charge is 0.299 e. The van der Waals surface area contributed by atoms with Crippen molar-refractivity contribution in [1.82, 2.24) is 10.6 Å². The number of amidine groups is 2. The second kappa shape index (κ2) is 17.4. The topological polar surface area (TPSA) is 288 Å². The summed E-state index contributed by atoms with van der Waals surface area (Å²) in [6, 6.07) is -2.39. The molecule has 0 spiro atoms. The van der Waals surface area contributed by atoms with Gasteiger partial charge in [0.1, 0.15) is 48.7 Å². The SMILES string of the molecule is COC1OC(CO)C(OC2OC(CO)C(OC)C(O)C2NC(=O)CCSC(N)=[NH2+])C(O)C1NC(=O)CCSC(N)=[NH2+]. The molecule has 0 bridgehead atoms. The van der Waals surface area contributed by atoms with Gasteiger partial charge >= 0.3 is 0 Å². The van der Waals surface area contributed by atoms with Gasteiger partial charge in [0, 0.05) is 38.6 Å². The highest BCUT2D eigenvalue weighted by atomic mass is 32.2. The Labute approximate surface area is 245 Å². The number of hydrogen-bond acceptors (Lipinski definition) is 13. The summed E-state index contributed by atoms with van der Waals surface area (Å²) < 4.78 is 28.2. The van der Waals surface area contributed by atoms with E-state index in [2.05, 4.69) is 10.6 Å². The number of nitrogens with one attached hydrogen (secondary N) is 2. The maximum absolute atomic E-state index is 12.7. The van der Waals surface area contributed by atoms with E-state index < -0.39 is 86.3 Å². The van der Waals surface area contributed by atoms with E-state index in [0.717, 1.165) is 23.5 Å². The third-order valence-electron chi connectivity index (χ3n) is 6.35. The molecular formula is C22H42N6O11S2+2. The first-order chi connectivity index (χ1) is 19.5. The molecule has 2 heterocycles. The standard InChI is InChI=1S/C22H40N6O11S2/c1-35-17-9(7-29)38-20(14(15(17)33)28-12(32)4-6-41-22(25)26)39-18-10(8-30)37-19(36-2)13(16(18)34)27-11(31)3-5-40-21(23)24/h9-10,13-20,29-30,33-34H,3-8H2,1-2H3,(H3,23,24)(H3,25,26)(H,27,31)(H,28,32)/p+2. The van der Waals surface area contributed by atoms with E-state index in [1.54, 1.807) is 0 Å². The Kier molecular flexibility index (Phi) is 15.0. The molecule has 0 aliphatic carbocycles. The maximum atomic E-state index is 12.7. The summed E-state index contributed by atoms with van der Waals surface area (Å²) >= 11 is 2.15. The Balaban J connectivity index is 2.26. The quantitative estimate of drug-likeness (QED) is 0.0630. The lowest BCUT2D eigenvalue weighted by Gasteiger charge is -2.48. The molecule has 0 saturated carbocycles. The molecular weight excluding hydrogens is 588 g/mol. The second-order valence-electron chi connectivity index (χ2n) is 9.16. The third-order valence-corrected chi connectivity index (χ3v) is 7.84. The predicted molar refractivity (Wildman–Crippen MR) is 146 cm³/mol. The Morgan fingerprint density at radius 1 is 0.805 bits per heavy atom. The lowest BCUT2D eigenvalue weighted by atomic mass is 9.94. The van der Waals surface area contributed by atoms with Gasteiger partial charge in [-0.2, -0.15) is 0 Å². The van der Waals surface area contributed by atoms with Crippen molar-refractivity contribution in [1.29, 1.82) is 0 Å². The number of thioether (sulfide) groups is 2. The Morgan fingerprint density at radius 2 is 1.24 bits per heavy atom.